The summed E-state index contributed by atoms with van der Waals surface area (Å²) in [5.41, 5.74) is -0.686. The maximum absolute atomic E-state index is 13.5. The number of ether oxygens (including phenoxy) is 1. The number of alkyl halides is 3. The fraction of sp³-hybridized carbons (Fsp3) is 0.355. The maximum atomic E-state index is 13.5. The molecule has 3 aromatic rings. The number of aliphatic hydroxyl groups excluding tert-OH is 1. The van der Waals surface area contributed by atoms with Crippen LogP contribution in [0.1, 0.15) is 68.6 Å². The fourth-order valence-corrected chi connectivity index (χ4v) is 6.41. The highest BCUT2D eigenvalue weighted by Crippen LogP contribution is 2.42. The van der Waals surface area contributed by atoms with Crippen molar-refractivity contribution < 1.29 is 41.4 Å². The lowest BCUT2D eigenvalue weighted by molar-refractivity contribution is -0.161. The van der Waals surface area contributed by atoms with E-state index < -0.39 is 44.3 Å². The zero-order valence-corrected chi connectivity index (χ0v) is 24.5. The van der Waals surface area contributed by atoms with Crippen molar-refractivity contribution in [2.75, 3.05) is 4.47 Å². The SMILES string of the molecule is CCC[C@@]1(CCc2ccccc2)CC(O)=C(C(CC)c2cccc(N(O)S(=O)(=O)c3ccc(C(F)(F)F)cn3)c2)C(=O)O1. The second-order valence-electron chi connectivity index (χ2n) is 10.5. The lowest BCUT2D eigenvalue weighted by Gasteiger charge is -2.38. The van der Waals surface area contributed by atoms with Crippen LogP contribution in [0.25, 0.3) is 0 Å². The number of anilines is 1. The Balaban J connectivity index is 1.61. The highest BCUT2D eigenvalue weighted by Gasteiger charge is 2.43. The number of aromatic nitrogens is 1. The van der Waals surface area contributed by atoms with Gasteiger partial charge in [-0.3, -0.25) is 5.21 Å². The van der Waals surface area contributed by atoms with Crippen LogP contribution in [0.2, 0.25) is 0 Å². The summed E-state index contributed by atoms with van der Waals surface area (Å²) >= 11 is 0. The predicted molar refractivity (Wildman–Crippen MR) is 153 cm³/mol. The number of esters is 1. The number of cyclic esters (lactones) is 1. The van der Waals surface area contributed by atoms with Gasteiger partial charge >= 0.3 is 22.2 Å². The molecule has 2 aromatic carbocycles. The molecule has 2 heterocycles. The van der Waals surface area contributed by atoms with Crippen LogP contribution >= 0.6 is 0 Å². The highest BCUT2D eigenvalue weighted by molar-refractivity contribution is 7.92. The van der Waals surface area contributed by atoms with Crippen molar-refractivity contribution >= 4 is 21.7 Å². The van der Waals surface area contributed by atoms with Gasteiger partial charge in [0.25, 0.3) is 0 Å². The summed E-state index contributed by atoms with van der Waals surface area (Å²) < 4.78 is 70.5. The van der Waals surface area contributed by atoms with Crippen molar-refractivity contribution in [3.63, 3.8) is 0 Å². The monoisotopic (exact) mass is 618 g/mol. The zero-order chi connectivity index (χ0) is 31.4. The molecule has 0 aliphatic carbocycles. The van der Waals surface area contributed by atoms with Crippen molar-refractivity contribution in [2.45, 2.75) is 75.1 Å². The standard InChI is InChI=1S/C31H33F3N2O6S/c1-3-16-30(17-15-21-9-6-5-7-10-21)19-26(37)28(29(38)42-30)25(4-2)22-11-8-12-24(18-22)36(39)43(40,41)27-14-13-23(20-35-27)31(32,33)34/h5-14,18,20,25,37,39H,3-4,15-17,19H2,1-2H3/t25?,30-/m1/s1. The Labute approximate surface area is 248 Å². The molecule has 1 aliphatic heterocycles. The Morgan fingerprint density at radius 2 is 1.77 bits per heavy atom. The molecule has 0 amide bonds. The highest BCUT2D eigenvalue weighted by atomic mass is 32.2. The largest absolute Gasteiger partial charge is 0.512 e. The van der Waals surface area contributed by atoms with E-state index in [4.69, 9.17) is 4.74 Å². The minimum Gasteiger partial charge on any atom is -0.512 e. The molecule has 1 aromatic heterocycles. The molecule has 1 aliphatic rings. The lowest BCUT2D eigenvalue weighted by atomic mass is 9.80. The molecule has 8 nitrogen and oxygen atoms in total. The Morgan fingerprint density at radius 3 is 2.35 bits per heavy atom. The quantitative estimate of drug-likeness (QED) is 0.174. The Hall–Kier alpha value is -3.90. The summed E-state index contributed by atoms with van der Waals surface area (Å²) in [5.74, 6) is -1.45. The Bertz CT molecular complexity index is 1580. The first-order chi connectivity index (χ1) is 20.3. The number of sulfonamides is 1. The van der Waals surface area contributed by atoms with Gasteiger partial charge in [0.1, 0.15) is 11.4 Å². The number of aliphatic hydroxyl groups is 1. The van der Waals surface area contributed by atoms with Crippen LogP contribution in [-0.4, -0.2) is 35.3 Å². The van der Waals surface area contributed by atoms with Crippen LogP contribution in [-0.2, 0) is 32.2 Å². The normalized spacial score (nSPS) is 18.3. The van der Waals surface area contributed by atoms with Crippen LogP contribution in [0.5, 0.6) is 0 Å². The second kappa shape index (κ2) is 12.8. The third-order valence-corrected chi connectivity index (χ3v) is 8.99. The van der Waals surface area contributed by atoms with Gasteiger partial charge in [-0.25, -0.2) is 9.78 Å². The van der Waals surface area contributed by atoms with Crippen LogP contribution in [0.3, 0.4) is 0 Å². The number of benzene rings is 2. The molecule has 1 unspecified atom stereocenters. The molecular formula is C31H33F3N2O6S. The summed E-state index contributed by atoms with van der Waals surface area (Å²) in [5, 5.41) is 21.1. The number of nitrogens with zero attached hydrogens (tertiary/aromatic N) is 2. The maximum Gasteiger partial charge on any atom is 0.417 e. The van der Waals surface area contributed by atoms with E-state index in [-0.39, 0.29) is 27.9 Å². The number of rotatable bonds is 11. The third kappa shape index (κ3) is 7.02. The number of carbonyl (C=O) groups is 1. The van der Waals surface area contributed by atoms with Crippen molar-refractivity contribution in [2.24, 2.45) is 0 Å². The van der Waals surface area contributed by atoms with Crippen LogP contribution in [0.15, 0.2) is 89.3 Å². The summed E-state index contributed by atoms with van der Waals surface area (Å²) in [4.78, 5) is 16.8. The number of hydrogen-bond acceptors (Lipinski definition) is 7. The minimum atomic E-state index is -4.74. The minimum absolute atomic E-state index is 0.0582. The van der Waals surface area contributed by atoms with Crippen LogP contribution in [0, 0.1) is 0 Å². The molecule has 43 heavy (non-hydrogen) atoms. The number of pyridine rings is 1. The van der Waals surface area contributed by atoms with E-state index in [2.05, 4.69) is 4.98 Å². The summed E-state index contributed by atoms with van der Waals surface area (Å²) in [6.07, 6.45) is -1.40. The van der Waals surface area contributed by atoms with Gasteiger partial charge < -0.3 is 9.84 Å². The molecule has 0 saturated carbocycles. The smallest absolute Gasteiger partial charge is 0.417 e. The topological polar surface area (TPSA) is 117 Å². The van der Waals surface area contributed by atoms with E-state index in [1.54, 1.807) is 13.0 Å². The van der Waals surface area contributed by atoms with Gasteiger partial charge in [-0.15, -0.1) is 4.47 Å². The molecule has 2 atom stereocenters. The van der Waals surface area contributed by atoms with Gasteiger partial charge in [0.05, 0.1) is 16.8 Å². The van der Waals surface area contributed by atoms with E-state index in [0.717, 1.165) is 12.0 Å². The zero-order valence-electron chi connectivity index (χ0n) is 23.7. The molecule has 4 rings (SSSR count). The van der Waals surface area contributed by atoms with Gasteiger partial charge in [-0.2, -0.15) is 21.6 Å². The number of aryl methyl sites for hydroxylation is 1. The molecule has 0 fully saturated rings. The third-order valence-electron chi connectivity index (χ3n) is 7.55. The van der Waals surface area contributed by atoms with Gasteiger partial charge in [-0.05, 0) is 61.1 Å². The van der Waals surface area contributed by atoms with Crippen molar-refractivity contribution in [3.8, 4) is 0 Å². The van der Waals surface area contributed by atoms with Crippen molar-refractivity contribution in [1.29, 1.82) is 0 Å². The second-order valence-corrected chi connectivity index (χ2v) is 12.2. The molecule has 12 heteroatoms. The lowest BCUT2D eigenvalue weighted by Crippen LogP contribution is -2.41. The summed E-state index contributed by atoms with van der Waals surface area (Å²) in [6.45, 7) is 3.76. The fourth-order valence-electron chi connectivity index (χ4n) is 5.42. The van der Waals surface area contributed by atoms with E-state index in [1.165, 1.54) is 18.2 Å². The molecule has 0 radical (unpaired) electrons. The van der Waals surface area contributed by atoms with Gasteiger partial charge in [0, 0.05) is 18.5 Å². The number of carbonyl (C=O) groups excluding carboxylic acids is 1. The van der Waals surface area contributed by atoms with E-state index in [9.17, 15) is 36.7 Å². The van der Waals surface area contributed by atoms with E-state index in [1.807, 2.05) is 37.3 Å². The van der Waals surface area contributed by atoms with E-state index in [0.29, 0.717) is 49.6 Å². The Kier molecular flexibility index (Phi) is 9.50. The molecule has 0 saturated heterocycles. The van der Waals surface area contributed by atoms with E-state index >= 15 is 0 Å². The average Bonchev–Trinajstić information content (AvgIpc) is 2.98. The van der Waals surface area contributed by atoms with Crippen LogP contribution < -0.4 is 4.47 Å². The first kappa shape index (κ1) is 32.0. The summed E-state index contributed by atoms with van der Waals surface area (Å²) in [7, 11) is -4.74. The first-order valence-corrected chi connectivity index (χ1v) is 15.3. The molecule has 230 valence electrons. The van der Waals surface area contributed by atoms with Crippen molar-refractivity contribution in [1.82, 2.24) is 4.98 Å². The van der Waals surface area contributed by atoms with Gasteiger partial charge in [-0.1, -0.05) is 62.7 Å². The summed E-state index contributed by atoms with van der Waals surface area (Å²) in [6, 6.07) is 16.7. The van der Waals surface area contributed by atoms with Crippen molar-refractivity contribution in [3.05, 3.63) is 101 Å². The molecule has 0 bridgehead atoms. The molecule has 2 N–H and O–H groups in total. The first-order valence-electron chi connectivity index (χ1n) is 13.9. The average molecular weight is 619 g/mol. The predicted octanol–water partition coefficient (Wildman–Crippen LogP) is 7.11. The molecular weight excluding hydrogens is 585 g/mol. The Morgan fingerprint density at radius 1 is 1.05 bits per heavy atom. The van der Waals surface area contributed by atoms with Gasteiger partial charge in [0.15, 0.2) is 5.03 Å². The number of hydrogen-bond donors (Lipinski definition) is 2. The van der Waals surface area contributed by atoms with Crippen LogP contribution in [0.4, 0.5) is 18.9 Å². The molecule has 0 spiro atoms. The van der Waals surface area contributed by atoms with Gasteiger partial charge in [0.2, 0.25) is 0 Å². The number of halogens is 3.